The first-order chi connectivity index (χ1) is 9.09. The van der Waals surface area contributed by atoms with Gasteiger partial charge < -0.3 is 10.6 Å². The minimum atomic E-state index is -0.0516. The summed E-state index contributed by atoms with van der Waals surface area (Å²) in [7, 11) is 0. The summed E-state index contributed by atoms with van der Waals surface area (Å²) in [4.78, 5) is 12.3. The van der Waals surface area contributed by atoms with Gasteiger partial charge >= 0.3 is 0 Å². The molecule has 0 saturated carbocycles. The zero-order valence-corrected chi connectivity index (χ0v) is 12.1. The van der Waals surface area contributed by atoms with E-state index in [1.807, 2.05) is 12.1 Å². The van der Waals surface area contributed by atoms with Gasteiger partial charge in [0.05, 0.1) is 5.92 Å². The molecule has 0 saturated heterocycles. The Labute approximate surface area is 115 Å². The molecule has 1 aromatic carbocycles. The summed E-state index contributed by atoms with van der Waals surface area (Å²) >= 11 is 0. The van der Waals surface area contributed by atoms with Gasteiger partial charge in [0.2, 0.25) is 5.91 Å². The lowest BCUT2D eigenvalue weighted by molar-refractivity contribution is -0.122. The molecule has 3 heteroatoms. The highest BCUT2D eigenvalue weighted by Crippen LogP contribution is 2.23. The van der Waals surface area contributed by atoms with Gasteiger partial charge in [-0.3, -0.25) is 4.79 Å². The van der Waals surface area contributed by atoms with E-state index in [9.17, 15) is 4.79 Å². The summed E-state index contributed by atoms with van der Waals surface area (Å²) in [6, 6.07) is 8.22. The fraction of sp³-hybridized carbons (Fsp3) is 0.562. The highest BCUT2D eigenvalue weighted by molar-refractivity contribution is 5.84. The SMILES string of the molecule is CC(C)C(C)CNC(=O)C1CNCc2ccccc21. The Kier molecular flexibility index (Phi) is 4.59. The second kappa shape index (κ2) is 6.20. The Morgan fingerprint density at radius 3 is 2.84 bits per heavy atom. The minimum Gasteiger partial charge on any atom is -0.355 e. The summed E-state index contributed by atoms with van der Waals surface area (Å²) in [5, 5.41) is 6.42. The van der Waals surface area contributed by atoms with Gasteiger partial charge in [0, 0.05) is 19.6 Å². The third-order valence-corrected chi connectivity index (χ3v) is 4.15. The molecule has 0 aliphatic carbocycles. The Morgan fingerprint density at radius 1 is 1.37 bits per heavy atom. The topological polar surface area (TPSA) is 41.1 Å². The maximum atomic E-state index is 12.3. The fourth-order valence-corrected chi connectivity index (χ4v) is 2.35. The van der Waals surface area contributed by atoms with Crippen LogP contribution < -0.4 is 10.6 Å². The molecule has 2 rings (SSSR count). The molecule has 0 bridgehead atoms. The molecule has 19 heavy (non-hydrogen) atoms. The molecule has 1 aliphatic heterocycles. The molecular weight excluding hydrogens is 236 g/mol. The molecule has 104 valence electrons. The fourth-order valence-electron chi connectivity index (χ4n) is 2.35. The quantitative estimate of drug-likeness (QED) is 0.872. The maximum Gasteiger partial charge on any atom is 0.228 e. The van der Waals surface area contributed by atoms with Crippen LogP contribution in [0.15, 0.2) is 24.3 Å². The van der Waals surface area contributed by atoms with E-state index in [4.69, 9.17) is 0 Å². The molecular formula is C16H24N2O. The minimum absolute atomic E-state index is 0.0516. The Balaban J connectivity index is 2.01. The van der Waals surface area contributed by atoms with Gasteiger partial charge in [-0.05, 0) is 23.0 Å². The number of hydrogen-bond donors (Lipinski definition) is 2. The average Bonchev–Trinajstić information content (AvgIpc) is 2.43. The molecule has 1 heterocycles. The van der Waals surface area contributed by atoms with Crippen molar-refractivity contribution in [2.75, 3.05) is 13.1 Å². The summed E-state index contributed by atoms with van der Waals surface area (Å²) < 4.78 is 0. The number of fused-ring (bicyclic) bond motifs is 1. The van der Waals surface area contributed by atoms with Crippen LogP contribution in [0, 0.1) is 11.8 Å². The smallest absolute Gasteiger partial charge is 0.228 e. The van der Waals surface area contributed by atoms with Crippen LogP contribution >= 0.6 is 0 Å². The summed E-state index contributed by atoms with van der Waals surface area (Å²) in [6.07, 6.45) is 0. The van der Waals surface area contributed by atoms with Crippen molar-refractivity contribution in [1.29, 1.82) is 0 Å². The van der Waals surface area contributed by atoms with E-state index in [0.717, 1.165) is 19.6 Å². The van der Waals surface area contributed by atoms with E-state index >= 15 is 0 Å². The molecule has 1 amide bonds. The van der Waals surface area contributed by atoms with Crippen molar-refractivity contribution < 1.29 is 4.79 Å². The molecule has 2 atom stereocenters. The highest BCUT2D eigenvalue weighted by Gasteiger charge is 2.26. The van der Waals surface area contributed by atoms with Crippen molar-refractivity contribution in [3.05, 3.63) is 35.4 Å². The van der Waals surface area contributed by atoms with Crippen LogP contribution in [-0.2, 0) is 11.3 Å². The molecule has 3 nitrogen and oxygen atoms in total. The predicted molar refractivity (Wildman–Crippen MR) is 77.9 cm³/mol. The number of hydrogen-bond acceptors (Lipinski definition) is 2. The molecule has 0 aromatic heterocycles. The van der Waals surface area contributed by atoms with Gasteiger partial charge in [-0.15, -0.1) is 0 Å². The van der Waals surface area contributed by atoms with Gasteiger partial charge in [0.1, 0.15) is 0 Å². The molecule has 1 aliphatic rings. The molecule has 2 N–H and O–H groups in total. The van der Waals surface area contributed by atoms with E-state index in [1.165, 1.54) is 11.1 Å². The normalized spacial score (nSPS) is 19.9. The van der Waals surface area contributed by atoms with Crippen LogP contribution in [-0.4, -0.2) is 19.0 Å². The first kappa shape index (κ1) is 14.1. The van der Waals surface area contributed by atoms with E-state index < -0.39 is 0 Å². The molecule has 0 fully saturated rings. The Morgan fingerprint density at radius 2 is 2.11 bits per heavy atom. The third kappa shape index (κ3) is 3.35. The van der Waals surface area contributed by atoms with Crippen molar-refractivity contribution in [2.45, 2.75) is 33.2 Å². The first-order valence-electron chi connectivity index (χ1n) is 7.15. The number of nitrogens with one attached hydrogen (secondary N) is 2. The van der Waals surface area contributed by atoms with E-state index in [1.54, 1.807) is 0 Å². The lowest BCUT2D eigenvalue weighted by Crippen LogP contribution is -2.40. The van der Waals surface area contributed by atoms with Crippen LogP contribution in [0.2, 0.25) is 0 Å². The van der Waals surface area contributed by atoms with Crippen LogP contribution in [0.3, 0.4) is 0 Å². The van der Waals surface area contributed by atoms with Gasteiger partial charge in [-0.1, -0.05) is 45.0 Å². The number of carbonyl (C=O) groups is 1. The molecule has 0 radical (unpaired) electrons. The maximum absolute atomic E-state index is 12.3. The lowest BCUT2D eigenvalue weighted by Gasteiger charge is -2.26. The van der Waals surface area contributed by atoms with Gasteiger partial charge in [-0.25, -0.2) is 0 Å². The molecule has 2 unspecified atom stereocenters. The Bertz CT molecular complexity index is 442. The van der Waals surface area contributed by atoms with Crippen LogP contribution in [0.4, 0.5) is 0 Å². The van der Waals surface area contributed by atoms with Crippen molar-refractivity contribution in [3.63, 3.8) is 0 Å². The number of benzene rings is 1. The van der Waals surface area contributed by atoms with Crippen molar-refractivity contribution in [1.82, 2.24) is 10.6 Å². The third-order valence-electron chi connectivity index (χ3n) is 4.15. The van der Waals surface area contributed by atoms with Crippen molar-refractivity contribution in [2.24, 2.45) is 11.8 Å². The van der Waals surface area contributed by atoms with E-state index in [0.29, 0.717) is 11.8 Å². The van der Waals surface area contributed by atoms with Crippen LogP contribution in [0.1, 0.15) is 37.8 Å². The number of carbonyl (C=O) groups excluding carboxylic acids is 1. The van der Waals surface area contributed by atoms with Crippen LogP contribution in [0.5, 0.6) is 0 Å². The second-order valence-electron chi connectivity index (χ2n) is 5.85. The van der Waals surface area contributed by atoms with Crippen molar-refractivity contribution in [3.8, 4) is 0 Å². The largest absolute Gasteiger partial charge is 0.355 e. The van der Waals surface area contributed by atoms with E-state index in [-0.39, 0.29) is 11.8 Å². The van der Waals surface area contributed by atoms with Gasteiger partial charge in [0.15, 0.2) is 0 Å². The van der Waals surface area contributed by atoms with Gasteiger partial charge in [0.25, 0.3) is 0 Å². The first-order valence-corrected chi connectivity index (χ1v) is 7.15. The van der Waals surface area contributed by atoms with Crippen molar-refractivity contribution >= 4 is 5.91 Å². The standard InChI is InChI=1S/C16H24N2O/c1-11(2)12(3)8-18-16(19)15-10-17-9-13-6-4-5-7-14(13)15/h4-7,11-12,15,17H,8-10H2,1-3H3,(H,18,19). The number of amides is 1. The lowest BCUT2D eigenvalue weighted by atomic mass is 9.90. The zero-order valence-electron chi connectivity index (χ0n) is 12.1. The highest BCUT2D eigenvalue weighted by atomic mass is 16.1. The second-order valence-corrected chi connectivity index (χ2v) is 5.85. The molecule has 0 spiro atoms. The van der Waals surface area contributed by atoms with E-state index in [2.05, 4.69) is 43.5 Å². The van der Waals surface area contributed by atoms with Crippen LogP contribution in [0.25, 0.3) is 0 Å². The number of rotatable bonds is 4. The summed E-state index contributed by atoms with van der Waals surface area (Å²) in [5.41, 5.74) is 2.42. The predicted octanol–water partition coefficient (Wildman–Crippen LogP) is 2.28. The summed E-state index contributed by atoms with van der Waals surface area (Å²) in [6.45, 7) is 8.91. The zero-order chi connectivity index (χ0) is 13.8. The average molecular weight is 260 g/mol. The Hall–Kier alpha value is -1.35. The molecule has 1 aromatic rings. The van der Waals surface area contributed by atoms with Gasteiger partial charge in [-0.2, -0.15) is 0 Å². The monoisotopic (exact) mass is 260 g/mol. The summed E-state index contributed by atoms with van der Waals surface area (Å²) in [5.74, 6) is 1.20.